The van der Waals surface area contributed by atoms with Crippen LogP contribution in [-0.2, 0) is 11.2 Å². The number of carbonyl (C=O) groups is 1. The number of hydrogen-bond acceptors (Lipinski definition) is 1. The second-order valence-corrected chi connectivity index (χ2v) is 6.34. The van der Waals surface area contributed by atoms with Crippen LogP contribution in [0.2, 0.25) is 0 Å². The standard InChI is InChI=1S/C19H18O2/c20-19(21)15-6-5-14-9-17-7-12-3-1-2-4-13(12)8-18(17)11-16(14)10-15/h1-4,7-8,11,14-15H,5-6,9-10H2,(H,20,21). The van der Waals surface area contributed by atoms with E-state index in [1.165, 1.54) is 27.5 Å². The highest BCUT2D eigenvalue weighted by Gasteiger charge is 2.31. The third kappa shape index (κ3) is 2.15. The lowest BCUT2D eigenvalue weighted by Gasteiger charge is -2.33. The molecule has 0 radical (unpaired) electrons. The van der Waals surface area contributed by atoms with Gasteiger partial charge in [-0.1, -0.05) is 42.0 Å². The highest BCUT2D eigenvalue weighted by atomic mass is 16.4. The van der Waals surface area contributed by atoms with E-state index in [4.69, 9.17) is 0 Å². The van der Waals surface area contributed by atoms with Crippen LogP contribution in [0.1, 0.15) is 30.4 Å². The number of carboxylic acids is 1. The highest BCUT2D eigenvalue weighted by Crippen LogP contribution is 2.41. The van der Waals surface area contributed by atoms with Crippen molar-refractivity contribution < 1.29 is 9.90 Å². The van der Waals surface area contributed by atoms with Gasteiger partial charge in [0.1, 0.15) is 0 Å². The first kappa shape index (κ1) is 12.6. The third-order valence-corrected chi connectivity index (χ3v) is 5.03. The Labute approximate surface area is 124 Å². The molecule has 0 saturated heterocycles. The number of hydrogen-bond donors (Lipinski definition) is 1. The third-order valence-electron chi connectivity index (χ3n) is 5.03. The van der Waals surface area contributed by atoms with Gasteiger partial charge >= 0.3 is 5.97 Å². The topological polar surface area (TPSA) is 37.3 Å². The lowest BCUT2D eigenvalue weighted by molar-refractivity contribution is -0.142. The average Bonchev–Trinajstić information content (AvgIpc) is 2.50. The maximum Gasteiger partial charge on any atom is 0.306 e. The molecular formula is C19H18O2. The van der Waals surface area contributed by atoms with Gasteiger partial charge < -0.3 is 5.11 Å². The molecule has 2 heteroatoms. The minimum Gasteiger partial charge on any atom is -0.481 e. The average molecular weight is 278 g/mol. The van der Waals surface area contributed by atoms with Crippen molar-refractivity contribution in [3.05, 3.63) is 53.1 Å². The zero-order chi connectivity index (χ0) is 14.4. The summed E-state index contributed by atoms with van der Waals surface area (Å²) in [6, 6.07) is 13.0. The molecule has 0 aromatic heterocycles. The minimum atomic E-state index is -0.640. The van der Waals surface area contributed by atoms with Crippen molar-refractivity contribution in [2.75, 3.05) is 0 Å². The van der Waals surface area contributed by atoms with E-state index in [1.54, 1.807) is 0 Å². The molecule has 0 heterocycles. The fraction of sp³-hybridized carbons (Fsp3) is 0.316. The van der Waals surface area contributed by atoms with Crippen LogP contribution in [0, 0.1) is 11.8 Å². The molecule has 21 heavy (non-hydrogen) atoms. The van der Waals surface area contributed by atoms with Crippen LogP contribution in [-0.4, -0.2) is 11.1 Å². The van der Waals surface area contributed by atoms with Gasteiger partial charge in [0.15, 0.2) is 0 Å². The molecule has 2 aliphatic carbocycles. The molecule has 2 aromatic carbocycles. The first-order chi connectivity index (χ1) is 10.2. The molecule has 2 aromatic rings. The molecule has 0 bridgehead atoms. The smallest absolute Gasteiger partial charge is 0.306 e. The Hall–Kier alpha value is -2.09. The van der Waals surface area contributed by atoms with E-state index in [0.29, 0.717) is 5.92 Å². The highest BCUT2D eigenvalue weighted by molar-refractivity contribution is 5.86. The van der Waals surface area contributed by atoms with E-state index < -0.39 is 5.97 Å². The molecule has 1 N–H and O–H groups in total. The zero-order valence-corrected chi connectivity index (χ0v) is 11.9. The first-order valence-electron chi connectivity index (χ1n) is 7.65. The largest absolute Gasteiger partial charge is 0.481 e. The summed E-state index contributed by atoms with van der Waals surface area (Å²) in [7, 11) is 0. The van der Waals surface area contributed by atoms with E-state index in [9.17, 15) is 9.90 Å². The summed E-state index contributed by atoms with van der Waals surface area (Å²) in [5.74, 6) is -0.276. The molecule has 2 nitrogen and oxygen atoms in total. The predicted molar refractivity (Wildman–Crippen MR) is 84.1 cm³/mol. The van der Waals surface area contributed by atoms with Crippen LogP contribution in [0.5, 0.6) is 0 Å². The summed E-state index contributed by atoms with van der Waals surface area (Å²) < 4.78 is 0. The second-order valence-electron chi connectivity index (χ2n) is 6.34. The SMILES string of the molecule is O=C(O)C1CCC2Cc3cc4ccccc4cc3C=C2C1. The first-order valence-corrected chi connectivity index (χ1v) is 7.65. The summed E-state index contributed by atoms with van der Waals surface area (Å²) in [5, 5.41) is 11.8. The van der Waals surface area contributed by atoms with Crippen LogP contribution >= 0.6 is 0 Å². The number of benzene rings is 2. The molecule has 4 rings (SSSR count). The van der Waals surface area contributed by atoms with Gasteiger partial charge in [0.05, 0.1) is 5.92 Å². The molecule has 2 atom stereocenters. The predicted octanol–water partition coefficient (Wildman–Crippen LogP) is 4.28. The molecule has 106 valence electrons. The molecule has 2 unspecified atom stereocenters. The second kappa shape index (κ2) is 4.73. The molecule has 2 aliphatic rings. The van der Waals surface area contributed by atoms with Gasteiger partial charge in [-0.2, -0.15) is 0 Å². The van der Waals surface area contributed by atoms with Gasteiger partial charge in [0, 0.05) is 0 Å². The maximum absolute atomic E-state index is 11.2. The Morgan fingerprint density at radius 3 is 2.57 bits per heavy atom. The monoisotopic (exact) mass is 278 g/mol. The van der Waals surface area contributed by atoms with Gasteiger partial charge in [-0.3, -0.25) is 4.79 Å². The van der Waals surface area contributed by atoms with Crippen LogP contribution in [0.4, 0.5) is 0 Å². The van der Waals surface area contributed by atoms with E-state index in [-0.39, 0.29) is 5.92 Å². The number of rotatable bonds is 1. The van der Waals surface area contributed by atoms with E-state index >= 15 is 0 Å². The fourth-order valence-electron chi connectivity index (χ4n) is 3.84. The molecule has 1 fully saturated rings. The minimum absolute atomic E-state index is 0.186. The van der Waals surface area contributed by atoms with Crippen molar-refractivity contribution in [3.63, 3.8) is 0 Å². The molecule has 0 spiro atoms. The Morgan fingerprint density at radius 2 is 1.81 bits per heavy atom. The fourth-order valence-corrected chi connectivity index (χ4v) is 3.84. The van der Waals surface area contributed by atoms with Crippen LogP contribution in [0.25, 0.3) is 16.8 Å². The normalized spacial score (nSPS) is 24.1. The molecule has 0 amide bonds. The summed E-state index contributed by atoms with van der Waals surface area (Å²) in [4.78, 5) is 11.2. The summed E-state index contributed by atoms with van der Waals surface area (Å²) in [5.41, 5.74) is 4.04. The van der Waals surface area contributed by atoms with Crippen molar-refractivity contribution in [1.29, 1.82) is 0 Å². The molecular weight excluding hydrogens is 260 g/mol. The van der Waals surface area contributed by atoms with E-state index in [2.05, 4.69) is 42.5 Å². The van der Waals surface area contributed by atoms with Gasteiger partial charge in [-0.15, -0.1) is 0 Å². The van der Waals surface area contributed by atoms with Gasteiger partial charge in [0.2, 0.25) is 0 Å². The van der Waals surface area contributed by atoms with Crippen LogP contribution < -0.4 is 0 Å². The molecule has 0 aliphatic heterocycles. The Balaban J connectivity index is 1.77. The number of carboxylic acid groups (broad SMARTS) is 1. The van der Waals surface area contributed by atoms with Crippen molar-refractivity contribution in [2.45, 2.75) is 25.7 Å². The zero-order valence-electron chi connectivity index (χ0n) is 11.9. The van der Waals surface area contributed by atoms with E-state index in [1.807, 2.05) is 0 Å². The quantitative estimate of drug-likeness (QED) is 0.845. The van der Waals surface area contributed by atoms with Gasteiger partial charge in [-0.05, 0) is 59.6 Å². The maximum atomic E-state index is 11.2. The van der Waals surface area contributed by atoms with Gasteiger partial charge in [0.25, 0.3) is 0 Å². The molecule has 1 saturated carbocycles. The van der Waals surface area contributed by atoms with Crippen molar-refractivity contribution in [1.82, 2.24) is 0 Å². The summed E-state index contributed by atoms with van der Waals surface area (Å²) in [6.45, 7) is 0. The van der Waals surface area contributed by atoms with Crippen LogP contribution in [0.3, 0.4) is 0 Å². The Morgan fingerprint density at radius 1 is 1.05 bits per heavy atom. The Kier molecular flexibility index (Phi) is 2.85. The van der Waals surface area contributed by atoms with Crippen molar-refractivity contribution in [2.24, 2.45) is 11.8 Å². The Bertz CT molecular complexity index is 757. The number of aliphatic carboxylic acids is 1. The summed E-state index contributed by atoms with van der Waals surface area (Å²) in [6.07, 6.45) is 5.88. The number of fused-ring (bicyclic) bond motifs is 3. The van der Waals surface area contributed by atoms with Crippen molar-refractivity contribution in [3.8, 4) is 0 Å². The van der Waals surface area contributed by atoms with E-state index in [0.717, 1.165) is 25.7 Å². The lowest BCUT2D eigenvalue weighted by Crippen LogP contribution is -2.26. The summed E-state index contributed by atoms with van der Waals surface area (Å²) >= 11 is 0. The number of allylic oxidation sites excluding steroid dienone is 1. The van der Waals surface area contributed by atoms with Crippen molar-refractivity contribution >= 4 is 22.8 Å². The lowest BCUT2D eigenvalue weighted by atomic mass is 9.71. The van der Waals surface area contributed by atoms with Crippen LogP contribution in [0.15, 0.2) is 42.0 Å². The van der Waals surface area contributed by atoms with Gasteiger partial charge in [-0.25, -0.2) is 0 Å².